The van der Waals surface area contributed by atoms with Gasteiger partial charge in [-0.25, -0.2) is 17.6 Å². The second kappa shape index (κ2) is 11.4. The third-order valence-electron chi connectivity index (χ3n) is 2.98. The molecule has 28 heavy (non-hydrogen) atoms. The Morgan fingerprint density at radius 1 is 0.536 bits per heavy atom. The van der Waals surface area contributed by atoms with Gasteiger partial charge in [0, 0.05) is 22.3 Å². The first kappa shape index (κ1) is 28.5. The summed E-state index contributed by atoms with van der Waals surface area (Å²) in [7, 11) is 0. The summed E-state index contributed by atoms with van der Waals surface area (Å²) in [5.41, 5.74) is -1.58. The predicted molar refractivity (Wildman–Crippen MR) is 87.3 cm³/mol. The number of rotatable bonds is 4. The van der Waals surface area contributed by atoms with Gasteiger partial charge < -0.3 is 0 Å². The van der Waals surface area contributed by atoms with Gasteiger partial charge in [0.25, 0.3) is 12.9 Å². The van der Waals surface area contributed by atoms with E-state index in [1.165, 1.54) is 0 Å². The smallest absolute Gasteiger partial charge is 0.269 e. The predicted octanol–water partition coefficient (Wildman–Crippen LogP) is 8.13. The monoisotopic (exact) mass is 464 g/mol. The van der Waals surface area contributed by atoms with Gasteiger partial charge in [-0.3, -0.25) is 9.41 Å². The van der Waals surface area contributed by atoms with E-state index >= 15 is 0 Å². The molecule has 0 aliphatic heterocycles. The van der Waals surface area contributed by atoms with Crippen molar-refractivity contribution in [2.24, 2.45) is 0 Å². The molecule has 160 valence electrons. The lowest BCUT2D eigenvalue weighted by Gasteiger charge is -2.11. The van der Waals surface area contributed by atoms with Crippen LogP contribution in [0.1, 0.15) is 35.1 Å². The Hall–Kier alpha value is -1.68. The summed E-state index contributed by atoms with van der Waals surface area (Å²) in [6, 6.07) is 7.24. The van der Waals surface area contributed by atoms with Crippen LogP contribution in [0, 0.1) is 0 Å². The van der Waals surface area contributed by atoms with Crippen molar-refractivity contribution in [2.75, 3.05) is 0 Å². The Labute approximate surface area is 162 Å². The molecule has 0 aliphatic rings. The van der Waals surface area contributed by atoms with Gasteiger partial charge in [0.2, 0.25) is 0 Å². The molecule has 0 aromatic heterocycles. The summed E-state index contributed by atoms with van der Waals surface area (Å²) < 4.78 is 97.4. The minimum absolute atomic E-state index is 0. The van der Waals surface area contributed by atoms with Crippen molar-refractivity contribution in [2.45, 2.75) is 23.6 Å². The Morgan fingerprint density at radius 3 is 0.893 bits per heavy atom. The van der Waals surface area contributed by atoms with Crippen LogP contribution in [0.4, 0.5) is 44.5 Å². The first-order chi connectivity index (χ1) is 11.8. The van der Waals surface area contributed by atoms with E-state index in [2.05, 4.69) is 23.2 Å². The first-order valence-corrected chi connectivity index (χ1v) is 7.48. The maximum absolute atomic E-state index is 12.4. The molecule has 2 aromatic rings. The summed E-state index contributed by atoms with van der Waals surface area (Å²) in [5, 5.41) is -7.11. The molecule has 2 aromatic carbocycles. The first-order valence-electron chi connectivity index (χ1n) is 6.73. The average Bonchev–Trinajstić information content (AvgIpc) is 2.54. The molecule has 0 saturated carbocycles. The van der Waals surface area contributed by atoms with Crippen LogP contribution < -0.4 is 0 Å². The molecular weight excluding hydrogens is 453 g/mol. The van der Waals surface area contributed by atoms with Gasteiger partial charge in [0.05, 0.1) is 0 Å². The molecule has 0 saturated heterocycles. The average molecular weight is 465 g/mol. The molecule has 0 atom stereocenters. The number of hydrogen-bond acceptors (Lipinski definition) is 0. The van der Waals surface area contributed by atoms with Crippen molar-refractivity contribution in [1.29, 1.82) is 0 Å². The molecule has 0 N–H and O–H groups in total. The van der Waals surface area contributed by atoms with Crippen molar-refractivity contribution >= 4 is 23.2 Å². The normalized spacial score (nSPS) is 11.3. The van der Waals surface area contributed by atoms with Crippen molar-refractivity contribution in [1.82, 2.24) is 0 Å². The van der Waals surface area contributed by atoms with E-state index < -0.39 is 34.7 Å². The maximum Gasteiger partial charge on any atom is 0.348 e. The fourth-order valence-corrected chi connectivity index (χ4v) is 1.89. The van der Waals surface area contributed by atoms with Crippen LogP contribution in [0.2, 0.25) is 0 Å². The summed E-state index contributed by atoms with van der Waals surface area (Å²) in [6.45, 7) is 0. The van der Waals surface area contributed by atoms with Crippen LogP contribution in [0.15, 0.2) is 48.5 Å². The highest BCUT2D eigenvalue weighted by Crippen LogP contribution is 2.36. The van der Waals surface area contributed by atoms with E-state index in [1.807, 2.05) is 0 Å². The topological polar surface area (TPSA) is 0 Å². The molecule has 0 amide bonds. The van der Waals surface area contributed by atoms with Crippen LogP contribution >= 0.6 is 23.2 Å². The molecule has 2 rings (SSSR count). The number of halogens is 12. The number of benzene rings is 2. The summed E-state index contributed by atoms with van der Waals surface area (Å²) >= 11 is 9.34. The SMILES string of the molecule is F.F.FC(F)(Cl)c1ccc(C(F)(F)Cl)cc1.FC(F)c1ccc(C(F)F)cc1. The molecule has 0 heterocycles. The van der Waals surface area contributed by atoms with Crippen LogP contribution in [-0.2, 0) is 10.8 Å². The van der Waals surface area contributed by atoms with Gasteiger partial charge in [-0.05, 0) is 23.2 Å². The third-order valence-corrected chi connectivity index (χ3v) is 3.42. The third kappa shape index (κ3) is 9.01. The summed E-state index contributed by atoms with van der Waals surface area (Å²) in [4.78, 5) is 0. The highest BCUT2D eigenvalue weighted by molar-refractivity contribution is 6.22. The molecule has 0 radical (unpaired) electrons. The van der Waals surface area contributed by atoms with Crippen molar-refractivity contribution < 1.29 is 44.5 Å². The van der Waals surface area contributed by atoms with E-state index in [0.717, 1.165) is 48.5 Å². The van der Waals surface area contributed by atoms with Crippen molar-refractivity contribution in [3.63, 3.8) is 0 Å². The van der Waals surface area contributed by atoms with Crippen LogP contribution in [-0.4, -0.2) is 0 Å². The number of hydrogen-bond donors (Lipinski definition) is 0. The van der Waals surface area contributed by atoms with Crippen LogP contribution in [0.5, 0.6) is 0 Å². The molecule has 0 nitrogen and oxygen atoms in total. The van der Waals surface area contributed by atoms with Crippen LogP contribution in [0.3, 0.4) is 0 Å². The van der Waals surface area contributed by atoms with Gasteiger partial charge in [-0.1, -0.05) is 48.5 Å². The molecule has 0 fully saturated rings. The lowest BCUT2D eigenvalue weighted by atomic mass is 10.1. The molecule has 0 bridgehead atoms. The second-order valence-electron chi connectivity index (χ2n) is 4.84. The van der Waals surface area contributed by atoms with E-state index in [1.54, 1.807) is 0 Å². The Balaban J connectivity index is 0. The van der Waals surface area contributed by atoms with E-state index in [9.17, 15) is 35.1 Å². The van der Waals surface area contributed by atoms with E-state index in [4.69, 9.17) is 0 Å². The molecule has 12 heteroatoms. The van der Waals surface area contributed by atoms with Gasteiger partial charge in [-0.2, -0.15) is 17.6 Å². The minimum Gasteiger partial charge on any atom is -0.269 e. The Bertz CT molecular complexity index is 617. The van der Waals surface area contributed by atoms with Crippen molar-refractivity contribution in [3.8, 4) is 0 Å². The highest BCUT2D eigenvalue weighted by Gasteiger charge is 2.31. The lowest BCUT2D eigenvalue weighted by Crippen LogP contribution is -2.06. The Morgan fingerprint density at radius 2 is 0.750 bits per heavy atom. The standard InChI is InChI=1S/C8H4Cl2F4.C8H6F4.2FH/c9-7(11,12)5-1-2-6(4-3-5)8(10,13)14;9-7(10)5-1-2-6(4-3-5)8(11)12;;/h1-4H;1-4,7-8H;2*1H. The number of alkyl halides is 10. The van der Waals surface area contributed by atoms with Gasteiger partial charge >= 0.3 is 10.8 Å². The second-order valence-corrected chi connectivity index (χ2v) is 5.79. The molecular formula is C16H12Cl2F10. The summed E-state index contributed by atoms with van der Waals surface area (Å²) in [6.07, 6.45) is -5.20. The van der Waals surface area contributed by atoms with Crippen molar-refractivity contribution in [3.05, 3.63) is 70.8 Å². The van der Waals surface area contributed by atoms with Gasteiger partial charge in [0.15, 0.2) is 0 Å². The minimum atomic E-state index is -3.56. The van der Waals surface area contributed by atoms with E-state index in [0.29, 0.717) is 0 Å². The zero-order valence-corrected chi connectivity index (χ0v) is 14.9. The fraction of sp³-hybridized carbons (Fsp3) is 0.250. The largest absolute Gasteiger partial charge is 0.348 e. The zero-order valence-electron chi connectivity index (χ0n) is 13.4. The van der Waals surface area contributed by atoms with E-state index in [-0.39, 0.29) is 20.5 Å². The lowest BCUT2D eigenvalue weighted by molar-refractivity contribution is 0.0906. The zero-order chi connectivity index (χ0) is 20.1. The maximum atomic E-state index is 12.4. The highest BCUT2D eigenvalue weighted by atomic mass is 35.5. The fourth-order valence-electron chi connectivity index (χ4n) is 1.64. The molecule has 0 unspecified atom stereocenters. The Kier molecular flexibility index (Phi) is 11.6. The summed E-state index contributed by atoms with van der Waals surface area (Å²) in [5.74, 6) is 0. The molecule has 0 spiro atoms. The van der Waals surface area contributed by atoms with Gasteiger partial charge in [0.1, 0.15) is 0 Å². The van der Waals surface area contributed by atoms with Crippen LogP contribution in [0.25, 0.3) is 0 Å². The molecule has 0 aliphatic carbocycles. The quantitative estimate of drug-likeness (QED) is 0.316. The van der Waals surface area contributed by atoms with Gasteiger partial charge in [-0.15, -0.1) is 0 Å².